The molecule has 2 aromatic carbocycles. The highest BCUT2D eigenvalue weighted by molar-refractivity contribution is 7.80. The Morgan fingerprint density at radius 1 is 1.05 bits per heavy atom. The molecule has 0 unspecified atom stereocenters. The van der Waals surface area contributed by atoms with Crippen LogP contribution in [-0.2, 0) is 0 Å². The number of benzene rings is 2. The predicted molar refractivity (Wildman–Crippen MR) is 76.7 cm³/mol. The first kappa shape index (κ1) is 13.2. The first-order valence-electron chi connectivity index (χ1n) is 5.54. The number of anilines is 1. The van der Waals surface area contributed by atoms with Crippen molar-refractivity contribution in [2.24, 2.45) is 5.73 Å². The molecule has 96 valence electrons. The summed E-state index contributed by atoms with van der Waals surface area (Å²) in [4.78, 5) is 12.1. The van der Waals surface area contributed by atoms with Crippen LogP contribution < -0.4 is 11.1 Å². The van der Waals surface area contributed by atoms with Gasteiger partial charge in [0.05, 0.1) is 11.3 Å². The van der Waals surface area contributed by atoms with Crippen molar-refractivity contribution in [3.63, 3.8) is 0 Å². The predicted octanol–water partition coefficient (Wildman–Crippen LogP) is 2.71. The molecule has 0 fully saturated rings. The Kier molecular flexibility index (Phi) is 3.87. The van der Waals surface area contributed by atoms with Gasteiger partial charge in [-0.15, -0.1) is 0 Å². The summed E-state index contributed by atoms with van der Waals surface area (Å²) in [6.07, 6.45) is 0. The normalized spacial score (nSPS) is 9.95. The van der Waals surface area contributed by atoms with Crippen LogP contribution in [0.4, 0.5) is 10.1 Å². The molecule has 0 atom stereocenters. The van der Waals surface area contributed by atoms with E-state index in [1.807, 2.05) is 0 Å². The summed E-state index contributed by atoms with van der Waals surface area (Å²) in [6, 6.07) is 12.6. The smallest absolute Gasteiger partial charge is 0.258 e. The molecular weight excluding hydrogens is 263 g/mol. The maximum absolute atomic E-state index is 13.5. The molecule has 0 spiro atoms. The summed E-state index contributed by atoms with van der Waals surface area (Å²) < 4.78 is 13.5. The van der Waals surface area contributed by atoms with Crippen LogP contribution in [0.2, 0.25) is 0 Å². The lowest BCUT2D eigenvalue weighted by atomic mass is 10.1. The van der Waals surface area contributed by atoms with Crippen LogP contribution in [0, 0.1) is 5.82 Å². The second-order valence-corrected chi connectivity index (χ2v) is 4.28. The number of thiocarbonyl (C=S) groups is 1. The number of hydrogen-bond donors (Lipinski definition) is 2. The summed E-state index contributed by atoms with van der Waals surface area (Å²) in [7, 11) is 0. The van der Waals surface area contributed by atoms with Gasteiger partial charge in [-0.1, -0.05) is 36.5 Å². The molecule has 0 saturated heterocycles. The third-order valence-corrected chi connectivity index (χ3v) is 2.78. The van der Waals surface area contributed by atoms with E-state index in [9.17, 15) is 9.18 Å². The minimum Gasteiger partial charge on any atom is -0.389 e. The van der Waals surface area contributed by atoms with Crippen molar-refractivity contribution in [2.75, 3.05) is 5.32 Å². The summed E-state index contributed by atoms with van der Waals surface area (Å²) in [5.41, 5.74) is 6.54. The Balaban J connectivity index is 2.30. The maximum atomic E-state index is 13.5. The summed E-state index contributed by atoms with van der Waals surface area (Å²) >= 11 is 4.90. The second-order valence-electron chi connectivity index (χ2n) is 3.84. The lowest BCUT2D eigenvalue weighted by Crippen LogP contribution is -2.18. The highest BCUT2D eigenvalue weighted by Gasteiger charge is 2.13. The van der Waals surface area contributed by atoms with Crippen LogP contribution in [-0.4, -0.2) is 10.9 Å². The molecular formula is C14H11FN2OS. The lowest BCUT2D eigenvalue weighted by Gasteiger charge is -2.10. The molecule has 0 aromatic heterocycles. The lowest BCUT2D eigenvalue weighted by molar-refractivity contribution is 0.102. The van der Waals surface area contributed by atoms with Gasteiger partial charge >= 0.3 is 0 Å². The van der Waals surface area contributed by atoms with Gasteiger partial charge in [0.2, 0.25) is 0 Å². The van der Waals surface area contributed by atoms with Crippen LogP contribution in [0.5, 0.6) is 0 Å². The zero-order valence-corrected chi connectivity index (χ0v) is 10.7. The number of nitrogens with two attached hydrogens (primary N) is 1. The fourth-order valence-electron chi connectivity index (χ4n) is 1.64. The molecule has 0 saturated carbocycles. The average Bonchev–Trinajstić information content (AvgIpc) is 2.39. The van der Waals surface area contributed by atoms with Crippen molar-refractivity contribution in [3.05, 3.63) is 65.5 Å². The highest BCUT2D eigenvalue weighted by Crippen LogP contribution is 2.17. The van der Waals surface area contributed by atoms with Gasteiger partial charge in [0.15, 0.2) is 0 Å². The van der Waals surface area contributed by atoms with E-state index in [0.717, 1.165) is 0 Å². The second kappa shape index (κ2) is 5.58. The van der Waals surface area contributed by atoms with Crippen molar-refractivity contribution < 1.29 is 9.18 Å². The molecule has 2 rings (SSSR count). The molecule has 0 aliphatic carbocycles. The summed E-state index contributed by atoms with van der Waals surface area (Å²) in [5, 5.41) is 2.60. The molecule has 0 bridgehead atoms. The number of carbonyl (C=O) groups is 1. The highest BCUT2D eigenvalue weighted by atomic mass is 32.1. The number of rotatable bonds is 3. The van der Waals surface area contributed by atoms with E-state index >= 15 is 0 Å². The first-order chi connectivity index (χ1) is 9.09. The Morgan fingerprint density at radius 2 is 1.63 bits per heavy atom. The van der Waals surface area contributed by atoms with E-state index in [4.69, 9.17) is 18.0 Å². The quantitative estimate of drug-likeness (QED) is 0.846. The summed E-state index contributed by atoms with van der Waals surface area (Å²) in [6.45, 7) is 0. The van der Waals surface area contributed by atoms with E-state index in [-0.39, 0.29) is 10.6 Å². The first-order valence-corrected chi connectivity index (χ1v) is 5.95. The third-order valence-electron chi connectivity index (χ3n) is 2.56. The Morgan fingerprint density at radius 3 is 2.26 bits per heavy atom. The number of halogens is 1. The van der Waals surface area contributed by atoms with Crippen LogP contribution >= 0.6 is 12.2 Å². The number of amides is 1. The molecule has 0 heterocycles. The van der Waals surface area contributed by atoms with Crippen molar-refractivity contribution in [3.8, 4) is 0 Å². The third kappa shape index (κ3) is 2.95. The number of hydrogen-bond acceptors (Lipinski definition) is 2. The molecule has 1 amide bonds. The van der Waals surface area contributed by atoms with Crippen LogP contribution in [0.3, 0.4) is 0 Å². The molecule has 5 heteroatoms. The minimum absolute atomic E-state index is 0.0276. The van der Waals surface area contributed by atoms with Crippen LogP contribution in [0.15, 0.2) is 48.5 Å². The van der Waals surface area contributed by atoms with Gasteiger partial charge in [-0.25, -0.2) is 4.39 Å². The number of para-hydroxylation sites is 1. The van der Waals surface area contributed by atoms with E-state index in [0.29, 0.717) is 11.3 Å². The molecule has 0 radical (unpaired) electrons. The fourth-order valence-corrected chi connectivity index (χ4v) is 1.82. The SMILES string of the molecule is NC(=S)c1ccccc1NC(=O)c1ccccc1F. The topological polar surface area (TPSA) is 55.1 Å². The Labute approximate surface area is 115 Å². The zero-order valence-electron chi connectivity index (χ0n) is 9.89. The van der Waals surface area contributed by atoms with E-state index < -0.39 is 11.7 Å². The van der Waals surface area contributed by atoms with Crippen LogP contribution in [0.25, 0.3) is 0 Å². The molecule has 0 aliphatic heterocycles. The molecule has 2 aromatic rings. The van der Waals surface area contributed by atoms with Crippen molar-refractivity contribution in [2.45, 2.75) is 0 Å². The van der Waals surface area contributed by atoms with Crippen molar-refractivity contribution in [1.29, 1.82) is 0 Å². The van der Waals surface area contributed by atoms with Gasteiger partial charge in [0.1, 0.15) is 10.8 Å². The summed E-state index contributed by atoms with van der Waals surface area (Å²) in [5.74, 6) is -1.12. The fraction of sp³-hybridized carbons (Fsp3) is 0. The van der Waals surface area contributed by atoms with Crippen molar-refractivity contribution >= 4 is 28.8 Å². The molecule has 3 nitrogen and oxygen atoms in total. The largest absolute Gasteiger partial charge is 0.389 e. The minimum atomic E-state index is -0.576. The molecule has 3 N–H and O–H groups in total. The van der Waals surface area contributed by atoms with Gasteiger partial charge < -0.3 is 11.1 Å². The maximum Gasteiger partial charge on any atom is 0.258 e. The molecule has 0 aliphatic rings. The number of carbonyl (C=O) groups excluding carboxylic acids is 1. The van der Waals surface area contributed by atoms with Gasteiger partial charge in [0, 0.05) is 5.56 Å². The monoisotopic (exact) mass is 274 g/mol. The molecule has 19 heavy (non-hydrogen) atoms. The van der Waals surface area contributed by atoms with Crippen LogP contribution in [0.1, 0.15) is 15.9 Å². The Bertz CT molecular complexity index is 643. The Hall–Kier alpha value is -2.27. The average molecular weight is 274 g/mol. The van der Waals surface area contributed by atoms with Crippen molar-refractivity contribution in [1.82, 2.24) is 0 Å². The zero-order chi connectivity index (χ0) is 13.8. The van der Waals surface area contributed by atoms with E-state index in [1.165, 1.54) is 18.2 Å². The van der Waals surface area contributed by atoms with Gasteiger partial charge in [-0.3, -0.25) is 4.79 Å². The van der Waals surface area contributed by atoms with Gasteiger partial charge in [-0.05, 0) is 24.3 Å². The standard InChI is InChI=1S/C14H11FN2OS/c15-11-7-3-1-5-9(11)14(18)17-12-8-4-2-6-10(12)13(16)19/h1-8H,(H2,16,19)(H,17,18). The van der Waals surface area contributed by atoms with E-state index in [2.05, 4.69) is 5.32 Å². The van der Waals surface area contributed by atoms with Gasteiger partial charge in [-0.2, -0.15) is 0 Å². The van der Waals surface area contributed by atoms with E-state index in [1.54, 1.807) is 30.3 Å². The number of nitrogens with one attached hydrogen (secondary N) is 1. The van der Waals surface area contributed by atoms with Gasteiger partial charge in [0.25, 0.3) is 5.91 Å².